The highest BCUT2D eigenvalue weighted by Crippen LogP contribution is 2.29. The first kappa shape index (κ1) is 23.7. The van der Waals surface area contributed by atoms with Crippen LogP contribution in [-0.4, -0.2) is 46.8 Å². The fourth-order valence-corrected chi connectivity index (χ4v) is 3.85. The number of benzene rings is 2. The second kappa shape index (κ2) is 9.68. The number of aliphatic carboxylic acids is 1. The Balaban J connectivity index is 1.82. The number of urea groups is 1. The van der Waals surface area contributed by atoms with Gasteiger partial charge in [-0.15, -0.1) is 0 Å². The smallest absolute Gasteiger partial charge is 0.316 e. The summed E-state index contributed by atoms with van der Waals surface area (Å²) >= 11 is 0. The molecule has 0 bridgehead atoms. The fourth-order valence-electron chi connectivity index (χ4n) is 3.85. The van der Waals surface area contributed by atoms with Crippen LogP contribution in [0.15, 0.2) is 54.2 Å². The molecule has 0 saturated carbocycles. The van der Waals surface area contributed by atoms with E-state index in [0.29, 0.717) is 11.3 Å². The number of likely N-dealkylation sites (N-methyl/N-ethyl adjacent to an activating group) is 1. The molecule has 33 heavy (non-hydrogen) atoms. The largest absolute Gasteiger partial charge is 0.481 e. The number of rotatable bonds is 6. The van der Waals surface area contributed by atoms with Gasteiger partial charge in [0, 0.05) is 18.8 Å². The maximum atomic E-state index is 12.6. The van der Waals surface area contributed by atoms with Crippen LogP contribution in [0.25, 0.3) is 11.1 Å². The Hall–Kier alpha value is -3.94. The molecular formula is C25H27N3O5. The average molecular weight is 450 g/mol. The van der Waals surface area contributed by atoms with Gasteiger partial charge >= 0.3 is 12.0 Å². The van der Waals surface area contributed by atoms with Crippen molar-refractivity contribution in [3.8, 4) is 11.1 Å². The van der Waals surface area contributed by atoms with Gasteiger partial charge in [-0.25, -0.2) is 4.79 Å². The molecule has 0 radical (unpaired) electrons. The quantitative estimate of drug-likeness (QED) is 0.586. The van der Waals surface area contributed by atoms with Crippen molar-refractivity contribution in [2.24, 2.45) is 0 Å². The summed E-state index contributed by atoms with van der Waals surface area (Å²) in [5.41, 5.74) is 5.22. The number of ketones is 1. The molecule has 3 N–H and O–H groups in total. The Bertz CT molecular complexity index is 1150. The minimum atomic E-state index is -1.35. The molecule has 8 nitrogen and oxygen atoms in total. The van der Waals surface area contributed by atoms with Gasteiger partial charge in [-0.2, -0.15) is 0 Å². The van der Waals surface area contributed by atoms with E-state index in [1.165, 1.54) is 18.0 Å². The number of aryl methyl sites for hydroxylation is 2. The molecule has 0 fully saturated rings. The summed E-state index contributed by atoms with van der Waals surface area (Å²) in [4.78, 5) is 50.0. The van der Waals surface area contributed by atoms with Crippen LogP contribution in [-0.2, 0) is 14.4 Å². The van der Waals surface area contributed by atoms with Gasteiger partial charge in [0.15, 0.2) is 11.8 Å². The molecule has 2 atom stereocenters. The molecule has 1 aliphatic rings. The molecule has 8 heteroatoms. The minimum Gasteiger partial charge on any atom is -0.481 e. The number of carbonyl (C=O) groups excluding carboxylic acids is 3. The number of allylic oxidation sites excluding steroid dienone is 1. The van der Waals surface area contributed by atoms with Gasteiger partial charge in [0.05, 0.1) is 12.5 Å². The lowest BCUT2D eigenvalue weighted by molar-refractivity contribution is -0.138. The summed E-state index contributed by atoms with van der Waals surface area (Å²) in [5.74, 6) is -2.17. The number of carbonyl (C=O) groups is 4. The van der Waals surface area contributed by atoms with Crippen LogP contribution < -0.4 is 10.6 Å². The first-order valence-electron chi connectivity index (χ1n) is 10.5. The van der Waals surface area contributed by atoms with Crippen molar-refractivity contribution >= 4 is 23.7 Å². The van der Waals surface area contributed by atoms with E-state index in [-0.39, 0.29) is 6.42 Å². The van der Waals surface area contributed by atoms with E-state index in [9.17, 15) is 24.3 Å². The summed E-state index contributed by atoms with van der Waals surface area (Å²) in [7, 11) is 1.51. The zero-order valence-corrected chi connectivity index (χ0v) is 19.0. The predicted molar refractivity (Wildman–Crippen MR) is 123 cm³/mol. The molecule has 2 aromatic rings. The fraction of sp³-hybridized carbons (Fsp3) is 0.280. The molecule has 0 aromatic heterocycles. The van der Waals surface area contributed by atoms with Crippen molar-refractivity contribution in [3.05, 3.63) is 70.9 Å². The third-order valence-corrected chi connectivity index (χ3v) is 5.79. The monoisotopic (exact) mass is 449 g/mol. The van der Waals surface area contributed by atoms with Crippen LogP contribution in [0.2, 0.25) is 0 Å². The highest BCUT2D eigenvalue weighted by molar-refractivity contribution is 6.14. The Morgan fingerprint density at radius 1 is 1.03 bits per heavy atom. The molecular weight excluding hydrogens is 422 g/mol. The summed E-state index contributed by atoms with van der Waals surface area (Å²) in [6.07, 6.45) is 0.927. The molecule has 0 saturated heterocycles. The van der Waals surface area contributed by atoms with Crippen LogP contribution >= 0.6 is 0 Å². The number of hydrogen-bond donors (Lipinski definition) is 3. The average Bonchev–Trinajstić information content (AvgIpc) is 2.75. The lowest BCUT2D eigenvalue weighted by Crippen LogP contribution is -2.56. The number of carboxylic acid groups (broad SMARTS) is 1. The van der Waals surface area contributed by atoms with Gasteiger partial charge < -0.3 is 20.6 Å². The summed E-state index contributed by atoms with van der Waals surface area (Å²) in [6.45, 7) is 5.56. The van der Waals surface area contributed by atoms with Crippen molar-refractivity contribution in [1.82, 2.24) is 15.5 Å². The topological polar surface area (TPSA) is 116 Å². The molecule has 172 valence electrons. The SMILES string of the molecule is CC1=CC(=O)C(NC(=O)NC(CC(=O)O)c2ccc(-c3ccccc3C)c(C)c2)C(=O)N1C. The zero-order chi connectivity index (χ0) is 24.3. The number of hydrogen-bond acceptors (Lipinski definition) is 4. The second-order valence-corrected chi connectivity index (χ2v) is 8.18. The van der Waals surface area contributed by atoms with Crippen LogP contribution in [0.4, 0.5) is 4.79 Å². The van der Waals surface area contributed by atoms with E-state index < -0.39 is 35.8 Å². The molecule has 2 unspecified atom stereocenters. The van der Waals surface area contributed by atoms with Crippen molar-refractivity contribution in [3.63, 3.8) is 0 Å². The number of nitrogens with zero attached hydrogens (tertiary/aromatic N) is 1. The summed E-state index contributed by atoms with van der Waals surface area (Å²) in [5, 5.41) is 14.3. The van der Waals surface area contributed by atoms with E-state index in [1.54, 1.807) is 13.0 Å². The van der Waals surface area contributed by atoms with Crippen molar-refractivity contribution in [2.45, 2.75) is 39.3 Å². The maximum Gasteiger partial charge on any atom is 0.316 e. The van der Waals surface area contributed by atoms with Crippen LogP contribution in [0, 0.1) is 13.8 Å². The molecule has 0 spiro atoms. The number of carboxylic acids is 1. The summed E-state index contributed by atoms with van der Waals surface area (Å²) in [6, 6.07) is 10.5. The van der Waals surface area contributed by atoms with E-state index in [2.05, 4.69) is 10.6 Å². The first-order chi connectivity index (χ1) is 15.6. The Labute approximate surface area is 192 Å². The highest BCUT2D eigenvalue weighted by atomic mass is 16.4. The Kier molecular flexibility index (Phi) is 6.96. The zero-order valence-electron chi connectivity index (χ0n) is 19.0. The van der Waals surface area contributed by atoms with Gasteiger partial charge in [-0.1, -0.05) is 42.5 Å². The van der Waals surface area contributed by atoms with E-state index in [1.807, 2.05) is 50.2 Å². The molecule has 3 rings (SSSR count). The number of amides is 3. The van der Waals surface area contributed by atoms with Gasteiger partial charge in [-0.05, 0) is 48.6 Å². The molecule has 1 heterocycles. The first-order valence-corrected chi connectivity index (χ1v) is 10.5. The third kappa shape index (κ3) is 5.28. The summed E-state index contributed by atoms with van der Waals surface area (Å²) < 4.78 is 0. The molecule has 2 aromatic carbocycles. The Morgan fingerprint density at radius 3 is 2.33 bits per heavy atom. The van der Waals surface area contributed by atoms with Gasteiger partial charge in [0.25, 0.3) is 5.91 Å². The van der Waals surface area contributed by atoms with Crippen LogP contribution in [0.5, 0.6) is 0 Å². The normalized spacial score (nSPS) is 16.8. The molecule has 3 amide bonds. The lowest BCUT2D eigenvalue weighted by atomic mass is 9.93. The third-order valence-electron chi connectivity index (χ3n) is 5.79. The Morgan fingerprint density at radius 2 is 1.70 bits per heavy atom. The van der Waals surface area contributed by atoms with Crippen LogP contribution in [0.3, 0.4) is 0 Å². The standard InChI is InChI=1S/C25H27N3O5/c1-14-7-5-6-8-18(14)19-10-9-17(11-15(19)2)20(13-22(30)31)26-25(33)27-23-21(29)12-16(3)28(4)24(23)32/h5-12,20,23H,13H2,1-4H3,(H,30,31)(H2,26,27,33). The van der Waals surface area contributed by atoms with E-state index >= 15 is 0 Å². The maximum absolute atomic E-state index is 12.6. The van der Waals surface area contributed by atoms with E-state index in [0.717, 1.165) is 22.3 Å². The van der Waals surface area contributed by atoms with Crippen molar-refractivity contribution in [2.75, 3.05) is 7.05 Å². The minimum absolute atomic E-state index is 0.359. The lowest BCUT2D eigenvalue weighted by Gasteiger charge is -2.28. The molecule has 1 aliphatic heterocycles. The van der Waals surface area contributed by atoms with Gasteiger partial charge in [-0.3, -0.25) is 14.4 Å². The number of nitrogens with one attached hydrogen (secondary N) is 2. The second-order valence-electron chi connectivity index (χ2n) is 8.18. The van der Waals surface area contributed by atoms with Crippen molar-refractivity contribution < 1.29 is 24.3 Å². The molecule has 0 aliphatic carbocycles. The van der Waals surface area contributed by atoms with E-state index in [4.69, 9.17) is 0 Å². The van der Waals surface area contributed by atoms with Crippen LogP contribution in [0.1, 0.15) is 36.1 Å². The predicted octanol–water partition coefficient (Wildman–Crippen LogP) is 3.10. The van der Waals surface area contributed by atoms with Crippen molar-refractivity contribution in [1.29, 1.82) is 0 Å². The highest BCUT2D eigenvalue weighted by Gasteiger charge is 2.34. The van der Waals surface area contributed by atoms with Gasteiger partial charge in [0.1, 0.15) is 0 Å². The van der Waals surface area contributed by atoms with Gasteiger partial charge in [0.2, 0.25) is 0 Å².